The first-order chi connectivity index (χ1) is 16.4. The van der Waals surface area contributed by atoms with Crippen LogP contribution in [-0.2, 0) is 28.6 Å². The van der Waals surface area contributed by atoms with E-state index in [1.54, 1.807) is 34.8 Å². The molecule has 0 aromatic heterocycles. The van der Waals surface area contributed by atoms with Gasteiger partial charge in [-0.15, -0.1) is 0 Å². The van der Waals surface area contributed by atoms with Crippen molar-refractivity contribution in [3.8, 4) is 0 Å². The summed E-state index contributed by atoms with van der Waals surface area (Å²) in [6, 6.07) is -0.863. The molecule has 0 radical (unpaired) electrons. The van der Waals surface area contributed by atoms with Gasteiger partial charge in [-0.05, 0) is 39.0 Å². The van der Waals surface area contributed by atoms with Crippen LogP contribution in [0.15, 0.2) is 0 Å². The molecule has 36 heavy (non-hydrogen) atoms. The molecule has 0 saturated carbocycles. The lowest BCUT2D eigenvalue weighted by molar-refractivity contribution is -0.174. The summed E-state index contributed by atoms with van der Waals surface area (Å²) in [4.78, 5) is 53.3. The van der Waals surface area contributed by atoms with E-state index in [9.17, 15) is 19.2 Å². The minimum atomic E-state index is -1.37. The van der Waals surface area contributed by atoms with Crippen molar-refractivity contribution < 1.29 is 33.4 Å². The summed E-state index contributed by atoms with van der Waals surface area (Å²) in [5.74, 6) is 2.00. The van der Waals surface area contributed by atoms with Crippen LogP contribution >= 0.6 is 0 Å². The summed E-state index contributed by atoms with van der Waals surface area (Å²) < 4.78 is 17.6. The topological polar surface area (TPSA) is 125 Å². The summed E-state index contributed by atoms with van der Waals surface area (Å²) in [5.41, 5.74) is -2.60. The molecule has 2 fully saturated rings. The number of carbonyl (C=O) groups is 4. The Morgan fingerprint density at radius 2 is 1.58 bits per heavy atom. The quantitative estimate of drug-likeness (QED) is 0.256. The first-order valence-corrected chi connectivity index (χ1v) is 13.0. The number of cyclic esters (lactones) is 1. The fraction of sp³-hybridized carbons (Fsp3) is 0.852. The van der Waals surface area contributed by atoms with E-state index in [4.69, 9.17) is 20.1 Å². The number of nitrogens with two attached hydrogens (primary N) is 1. The van der Waals surface area contributed by atoms with Gasteiger partial charge in [0, 0.05) is 30.8 Å². The van der Waals surface area contributed by atoms with Crippen LogP contribution in [0, 0.1) is 35.0 Å². The molecule has 2 N–H and O–H groups in total. The van der Waals surface area contributed by atoms with E-state index in [2.05, 4.69) is 0 Å². The average Bonchev–Trinajstić information content (AvgIpc) is 3.01. The summed E-state index contributed by atoms with van der Waals surface area (Å²) in [6.07, 6.45) is -1.03. The fourth-order valence-electron chi connectivity index (χ4n) is 7.05. The minimum Gasteiger partial charge on any atom is -0.458 e. The molecule has 9 atom stereocenters. The van der Waals surface area contributed by atoms with Gasteiger partial charge < -0.3 is 14.2 Å². The second-order valence-electron chi connectivity index (χ2n) is 12.3. The zero-order valence-electron chi connectivity index (χ0n) is 23.8. The Morgan fingerprint density at radius 1 is 1.03 bits per heavy atom. The molecule has 2 aliphatic heterocycles. The third kappa shape index (κ3) is 5.19. The van der Waals surface area contributed by atoms with Crippen LogP contribution in [0.4, 0.5) is 4.79 Å². The molecule has 0 bridgehead atoms. The summed E-state index contributed by atoms with van der Waals surface area (Å²) in [6.45, 7) is 18.4. The lowest BCUT2D eigenvalue weighted by Gasteiger charge is -2.48. The number of ketones is 2. The molecule has 2 rings (SSSR count). The van der Waals surface area contributed by atoms with Crippen molar-refractivity contribution in [2.75, 3.05) is 7.11 Å². The van der Waals surface area contributed by atoms with Crippen LogP contribution in [0.1, 0.15) is 82.1 Å². The van der Waals surface area contributed by atoms with Gasteiger partial charge in [0.05, 0.1) is 5.60 Å². The van der Waals surface area contributed by atoms with Gasteiger partial charge in [-0.1, -0.05) is 48.5 Å². The van der Waals surface area contributed by atoms with E-state index in [1.807, 2.05) is 41.5 Å². The van der Waals surface area contributed by atoms with E-state index in [0.717, 1.165) is 5.01 Å². The van der Waals surface area contributed by atoms with Crippen molar-refractivity contribution >= 4 is 23.6 Å². The van der Waals surface area contributed by atoms with E-state index in [0.29, 0.717) is 12.8 Å². The lowest BCUT2D eigenvalue weighted by atomic mass is 9.61. The molecule has 2 aliphatic rings. The molecule has 0 aliphatic carbocycles. The molecule has 0 aromatic carbocycles. The number of nitrogens with zero attached hydrogens (tertiary/aromatic N) is 1. The first kappa shape index (κ1) is 30.2. The zero-order chi connectivity index (χ0) is 28.0. The first-order valence-electron chi connectivity index (χ1n) is 13.0. The van der Waals surface area contributed by atoms with Gasteiger partial charge in [0.15, 0.2) is 5.60 Å². The van der Waals surface area contributed by atoms with Crippen molar-refractivity contribution in [2.24, 2.45) is 40.8 Å². The van der Waals surface area contributed by atoms with Gasteiger partial charge in [-0.2, -0.15) is 0 Å². The Labute approximate surface area is 215 Å². The number of methoxy groups -OCH3 is 1. The van der Waals surface area contributed by atoms with E-state index in [1.165, 1.54) is 0 Å². The maximum Gasteiger partial charge on any atom is 0.425 e. The van der Waals surface area contributed by atoms with Crippen molar-refractivity contribution in [3.05, 3.63) is 0 Å². The second-order valence-corrected chi connectivity index (χ2v) is 12.3. The Kier molecular flexibility index (Phi) is 8.73. The number of rotatable bonds is 2. The van der Waals surface area contributed by atoms with Crippen LogP contribution < -0.4 is 5.84 Å². The number of hydrogen-bond donors (Lipinski definition) is 1. The summed E-state index contributed by atoms with van der Waals surface area (Å²) in [7, 11) is 1.59. The van der Waals surface area contributed by atoms with Crippen molar-refractivity contribution in [2.45, 2.75) is 105 Å². The third-order valence-corrected chi connectivity index (χ3v) is 8.58. The fourth-order valence-corrected chi connectivity index (χ4v) is 7.05. The molecule has 0 aromatic rings. The minimum absolute atomic E-state index is 0.110. The van der Waals surface area contributed by atoms with Crippen molar-refractivity contribution in [3.63, 3.8) is 0 Å². The smallest absolute Gasteiger partial charge is 0.425 e. The van der Waals surface area contributed by atoms with Gasteiger partial charge >= 0.3 is 12.1 Å². The Morgan fingerprint density at radius 3 is 2.06 bits per heavy atom. The molecule has 9 nitrogen and oxygen atoms in total. The molecule has 2 heterocycles. The van der Waals surface area contributed by atoms with Crippen LogP contribution in [0.5, 0.6) is 0 Å². The van der Waals surface area contributed by atoms with E-state index in [-0.39, 0.29) is 22.9 Å². The highest BCUT2D eigenvalue weighted by molar-refractivity contribution is 6.00. The maximum absolute atomic E-state index is 13.8. The molecule has 206 valence electrons. The number of ether oxygens (including phenoxy) is 3. The van der Waals surface area contributed by atoms with Gasteiger partial charge in [0.2, 0.25) is 0 Å². The monoisotopic (exact) mass is 510 g/mol. The lowest BCUT2D eigenvalue weighted by Crippen LogP contribution is -2.59. The van der Waals surface area contributed by atoms with Gasteiger partial charge in [-0.25, -0.2) is 15.6 Å². The predicted molar refractivity (Wildman–Crippen MR) is 135 cm³/mol. The Hall–Kier alpha value is -2.00. The molecule has 2 saturated heterocycles. The number of amides is 1. The number of esters is 1. The molecular weight excluding hydrogens is 464 g/mol. The van der Waals surface area contributed by atoms with Crippen LogP contribution in [0.2, 0.25) is 0 Å². The number of fused-ring (bicyclic) bond motifs is 1. The standard InChI is InChI=1S/C27H46N2O7/c1-12-18-27(10)22(29(28)24(33)36-27)16(4)19(30)14(2)13-26(9,34-11)21(25(6,7)8)15(3)20(31)17(5)23(32)35-18/h14-18,21-22H,12-13,28H2,1-11H3/t14-,15+,16+,17-,18-,21+,22-,26-,27-/m1/s1. The van der Waals surface area contributed by atoms with E-state index < -0.39 is 59.1 Å². The number of carbonyl (C=O) groups excluding carboxylic acids is 4. The average molecular weight is 511 g/mol. The largest absolute Gasteiger partial charge is 0.458 e. The number of hydrogen-bond acceptors (Lipinski definition) is 8. The van der Waals surface area contributed by atoms with Crippen molar-refractivity contribution in [1.82, 2.24) is 5.01 Å². The molecule has 0 unspecified atom stereocenters. The predicted octanol–water partition coefficient (Wildman–Crippen LogP) is 3.92. The van der Waals surface area contributed by atoms with Gasteiger partial charge in [0.25, 0.3) is 0 Å². The number of hydrazine groups is 1. The second kappa shape index (κ2) is 10.4. The molecular formula is C27H46N2O7. The Balaban J connectivity index is 2.72. The molecule has 9 heteroatoms. The molecule has 1 amide bonds. The van der Waals surface area contributed by atoms with Gasteiger partial charge in [-0.3, -0.25) is 14.4 Å². The van der Waals surface area contributed by atoms with Crippen LogP contribution in [0.25, 0.3) is 0 Å². The van der Waals surface area contributed by atoms with Crippen LogP contribution in [0.3, 0.4) is 0 Å². The highest BCUT2D eigenvalue weighted by atomic mass is 16.6. The SMILES string of the molecule is CC[C@H]1OC(=O)[C@H](C)C(=O)[C@H](C)[C@@H](C(C)(C)C)[C@](C)(OC)C[C@@H](C)C(=O)[C@H](C)[C@H]2N(N)C(=O)O[C@]12C. The molecule has 0 spiro atoms. The van der Waals surface area contributed by atoms with Gasteiger partial charge in [0.1, 0.15) is 29.6 Å². The summed E-state index contributed by atoms with van der Waals surface area (Å²) in [5, 5.41) is 0.932. The number of Topliss-reactive ketones (excluding diaryl/α,β-unsaturated/α-hetero) is 2. The zero-order valence-corrected chi connectivity index (χ0v) is 23.8. The maximum atomic E-state index is 13.8. The highest BCUT2D eigenvalue weighted by Gasteiger charge is 2.60. The summed E-state index contributed by atoms with van der Waals surface area (Å²) >= 11 is 0. The van der Waals surface area contributed by atoms with E-state index >= 15 is 0 Å². The third-order valence-electron chi connectivity index (χ3n) is 8.58. The van der Waals surface area contributed by atoms with Crippen molar-refractivity contribution in [1.29, 1.82) is 0 Å². The Bertz CT molecular complexity index is 884. The highest BCUT2D eigenvalue weighted by Crippen LogP contribution is 2.47. The van der Waals surface area contributed by atoms with Crippen LogP contribution in [-0.4, -0.2) is 59.1 Å². The normalized spacial score (nSPS) is 41.4.